The summed E-state index contributed by atoms with van der Waals surface area (Å²) in [5.74, 6) is 1.70. The second kappa shape index (κ2) is 8.57. The number of aromatic amines is 1. The van der Waals surface area contributed by atoms with Crippen LogP contribution in [0.2, 0.25) is 0 Å². The van der Waals surface area contributed by atoms with E-state index in [0.29, 0.717) is 33.0 Å². The smallest absolute Gasteiger partial charge is 0.235 e. The van der Waals surface area contributed by atoms with Gasteiger partial charge in [-0.15, -0.1) is 16.4 Å². The fourth-order valence-corrected chi connectivity index (χ4v) is 3.56. The van der Waals surface area contributed by atoms with Crippen molar-refractivity contribution in [2.75, 3.05) is 25.3 Å². The molecule has 0 spiro atoms. The largest absolute Gasteiger partial charge is 0.497 e. The van der Waals surface area contributed by atoms with Gasteiger partial charge in [-0.25, -0.2) is 4.98 Å². The highest BCUT2D eigenvalue weighted by atomic mass is 32.2. The fourth-order valence-electron chi connectivity index (χ4n) is 2.21. The van der Waals surface area contributed by atoms with E-state index in [1.807, 2.05) is 12.1 Å². The number of anilines is 1. The van der Waals surface area contributed by atoms with Gasteiger partial charge in [0.05, 0.1) is 31.1 Å². The quantitative estimate of drug-likeness (QED) is 0.585. The van der Waals surface area contributed by atoms with Crippen LogP contribution in [0.4, 0.5) is 5.00 Å². The predicted octanol–water partition coefficient (Wildman–Crippen LogP) is 3.15. The Labute approximate surface area is 163 Å². The molecule has 0 fully saturated rings. The molecule has 0 saturated heterocycles. The molecule has 0 atom stereocenters. The molecule has 1 amide bonds. The number of nitrogens with zero attached hydrogens (tertiary/aromatic N) is 3. The van der Waals surface area contributed by atoms with E-state index in [-0.39, 0.29) is 11.7 Å². The molecule has 1 aromatic carbocycles. The van der Waals surface area contributed by atoms with Crippen molar-refractivity contribution in [2.24, 2.45) is 0 Å². The van der Waals surface area contributed by atoms with Crippen molar-refractivity contribution in [1.29, 1.82) is 5.26 Å². The minimum Gasteiger partial charge on any atom is -0.497 e. The number of rotatable bonds is 7. The Balaban J connectivity index is 1.65. The van der Waals surface area contributed by atoms with Gasteiger partial charge in [0.25, 0.3) is 0 Å². The van der Waals surface area contributed by atoms with Crippen LogP contribution in [0.5, 0.6) is 11.5 Å². The highest BCUT2D eigenvalue weighted by molar-refractivity contribution is 7.99. The van der Waals surface area contributed by atoms with Crippen molar-refractivity contribution in [3.63, 3.8) is 0 Å². The first-order valence-electron chi connectivity index (χ1n) is 7.69. The Kier molecular flexibility index (Phi) is 5.95. The van der Waals surface area contributed by atoms with Crippen molar-refractivity contribution in [3.8, 4) is 29.0 Å². The lowest BCUT2D eigenvalue weighted by atomic mass is 10.2. The van der Waals surface area contributed by atoms with Crippen LogP contribution in [0.25, 0.3) is 11.4 Å². The molecule has 0 aliphatic carbocycles. The van der Waals surface area contributed by atoms with Crippen molar-refractivity contribution in [1.82, 2.24) is 15.2 Å². The molecule has 27 heavy (non-hydrogen) atoms. The number of benzene rings is 1. The number of aromatic nitrogens is 3. The first-order chi connectivity index (χ1) is 13.1. The van der Waals surface area contributed by atoms with Crippen LogP contribution in [-0.2, 0) is 4.79 Å². The zero-order valence-electron chi connectivity index (χ0n) is 14.5. The summed E-state index contributed by atoms with van der Waals surface area (Å²) < 4.78 is 10.5. The number of thioether (sulfide) groups is 1. The second-order valence-corrected chi connectivity index (χ2v) is 7.00. The molecular weight excluding hydrogens is 386 g/mol. The molecule has 3 rings (SSSR count). The number of amides is 1. The maximum Gasteiger partial charge on any atom is 0.235 e. The van der Waals surface area contributed by atoms with Crippen LogP contribution in [0.3, 0.4) is 0 Å². The number of hydrogen-bond acceptors (Lipinski definition) is 8. The van der Waals surface area contributed by atoms with Crippen LogP contribution in [0.1, 0.15) is 5.56 Å². The molecule has 2 heterocycles. The summed E-state index contributed by atoms with van der Waals surface area (Å²) in [6.07, 6.45) is 0. The number of methoxy groups -OCH3 is 2. The SMILES string of the molecule is COc1ccc(-c2nc(SCC(=O)Nc3sccc3C#N)n[nH]2)c(OC)c1. The van der Waals surface area contributed by atoms with Crippen LogP contribution in [0, 0.1) is 11.3 Å². The van der Waals surface area contributed by atoms with E-state index in [4.69, 9.17) is 14.7 Å². The molecule has 2 N–H and O–H groups in total. The van der Waals surface area contributed by atoms with E-state index in [9.17, 15) is 4.79 Å². The van der Waals surface area contributed by atoms with Crippen LogP contribution >= 0.6 is 23.1 Å². The fraction of sp³-hybridized carbons (Fsp3) is 0.176. The molecule has 0 saturated carbocycles. The number of hydrogen-bond donors (Lipinski definition) is 2. The molecule has 0 unspecified atom stereocenters. The topological polar surface area (TPSA) is 113 Å². The lowest BCUT2D eigenvalue weighted by Gasteiger charge is -2.07. The normalized spacial score (nSPS) is 10.3. The third-order valence-corrected chi connectivity index (χ3v) is 5.18. The van der Waals surface area contributed by atoms with E-state index >= 15 is 0 Å². The maximum atomic E-state index is 12.1. The molecule has 0 radical (unpaired) electrons. The Morgan fingerprint density at radius 1 is 1.37 bits per heavy atom. The Hall–Kier alpha value is -3.03. The van der Waals surface area contributed by atoms with Crippen molar-refractivity contribution >= 4 is 34.0 Å². The Bertz CT molecular complexity index is 993. The van der Waals surface area contributed by atoms with Crippen molar-refractivity contribution in [2.45, 2.75) is 5.16 Å². The molecule has 0 aliphatic rings. The van der Waals surface area contributed by atoms with Gasteiger partial charge >= 0.3 is 0 Å². The molecule has 3 aromatic rings. The lowest BCUT2D eigenvalue weighted by Crippen LogP contribution is -2.13. The van der Waals surface area contributed by atoms with Gasteiger partial charge in [0, 0.05) is 6.07 Å². The average molecular weight is 401 g/mol. The minimum atomic E-state index is -0.229. The zero-order valence-corrected chi connectivity index (χ0v) is 16.1. The van der Waals surface area contributed by atoms with Gasteiger partial charge in [-0.2, -0.15) is 5.26 Å². The summed E-state index contributed by atoms with van der Waals surface area (Å²) in [5.41, 5.74) is 1.18. The van der Waals surface area contributed by atoms with Crippen molar-refractivity contribution in [3.05, 3.63) is 35.2 Å². The summed E-state index contributed by atoms with van der Waals surface area (Å²) >= 11 is 2.50. The Morgan fingerprint density at radius 3 is 2.96 bits per heavy atom. The Morgan fingerprint density at radius 2 is 2.22 bits per heavy atom. The van der Waals surface area contributed by atoms with Crippen LogP contribution < -0.4 is 14.8 Å². The first kappa shape index (κ1) is 18.8. The second-order valence-electron chi connectivity index (χ2n) is 5.14. The summed E-state index contributed by atoms with van der Waals surface area (Å²) in [6.45, 7) is 0. The van der Waals surface area contributed by atoms with E-state index in [0.717, 1.165) is 5.56 Å². The lowest BCUT2D eigenvalue weighted by molar-refractivity contribution is -0.113. The molecule has 8 nitrogen and oxygen atoms in total. The molecule has 10 heteroatoms. The summed E-state index contributed by atoms with van der Waals surface area (Å²) in [4.78, 5) is 16.5. The molecule has 0 bridgehead atoms. The van der Waals surface area contributed by atoms with Crippen molar-refractivity contribution < 1.29 is 14.3 Å². The number of nitrogens with one attached hydrogen (secondary N) is 2. The number of thiophene rings is 1. The third kappa shape index (κ3) is 4.39. The zero-order chi connectivity index (χ0) is 19.2. The highest BCUT2D eigenvalue weighted by Gasteiger charge is 2.14. The number of carbonyl (C=O) groups is 1. The summed E-state index contributed by atoms with van der Waals surface area (Å²) in [5, 5.41) is 21.4. The van der Waals surface area contributed by atoms with E-state index in [1.54, 1.807) is 37.8 Å². The number of nitriles is 1. The van der Waals surface area contributed by atoms with E-state index in [2.05, 4.69) is 20.5 Å². The molecule has 0 aliphatic heterocycles. The standard InChI is InChI=1S/C17H15N5O3S2/c1-24-11-3-4-12(13(7-11)25-2)15-20-17(22-21-15)27-9-14(23)19-16-10(8-18)5-6-26-16/h3-7H,9H2,1-2H3,(H,19,23)(H,20,21,22). The van der Waals surface area contributed by atoms with Crippen LogP contribution in [-0.4, -0.2) is 41.1 Å². The van der Waals surface area contributed by atoms with Gasteiger partial charge in [0.15, 0.2) is 5.82 Å². The third-order valence-electron chi connectivity index (χ3n) is 3.50. The first-order valence-corrected chi connectivity index (χ1v) is 9.56. The van der Waals surface area contributed by atoms with Gasteiger partial charge in [0.2, 0.25) is 11.1 Å². The van der Waals surface area contributed by atoms with E-state index in [1.165, 1.54) is 23.1 Å². The maximum absolute atomic E-state index is 12.1. The van der Waals surface area contributed by atoms with Gasteiger partial charge in [-0.1, -0.05) is 11.8 Å². The minimum absolute atomic E-state index is 0.125. The van der Waals surface area contributed by atoms with Gasteiger partial charge < -0.3 is 14.8 Å². The highest BCUT2D eigenvalue weighted by Crippen LogP contribution is 2.32. The number of ether oxygens (including phenoxy) is 2. The number of H-pyrrole nitrogens is 1. The predicted molar refractivity (Wildman–Crippen MR) is 103 cm³/mol. The summed E-state index contributed by atoms with van der Waals surface area (Å²) in [7, 11) is 3.15. The monoisotopic (exact) mass is 401 g/mol. The molecule has 138 valence electrons. The van der Waals surface area contributed by atoms with Gasteiger partial charge in [-0.3, -0.25) is 9.89 Å². The van der Waals surface area contributed by atoms with Gasteiger partial charge in [-0.05, 0) is 23.6 Å². The van der Waals surface area contributed by atoms with Crippen LogP contribution in [0.15, 0.2) is 34.8 Å². The number of carbonyl (C=O) groups excluding carboxylic acids is 1. The summed E-state index contributed by atoms with van der Waals surface area (Å²) in [6, 6.07) is 9.07. The average Bonchev–Trinajstić information content (AvgIpc) is 3.35. The van der Waals surface area contributed by atoms with E-state index < -0.39 is 0 Å². The molecule has 2 aromatic heterocycles. The van der Waals surface area contributed by atoms with Gasteiger partial charge in [0.1, 0.15) is 22.6 Å². The molecular formula is C17H15N5O3S2.